The number of alkyl halides is 3. The number of nitrogens with two attached hydrogens (primary N) is 1. The van der Waals surface area contributed by atoms with E-state index in [4.69, 9.17) is 5.73 Å². The minimum atomic E-state index is -4.42. The van der Waals surface area contributed by atoms with E-state index in [9.17, 15) is 13.2 Å². The van der Waals surface area contributed by atoms with Gasteiger partial charge in [-0.1, -0.05) is 7.43 Å². The second kappa shape index (κ2) is 4.52. The van der Waals surface area contributed by atoms with Crippen molar-refractivity contribution in [3.8, 4) is 0 Å². The number of hydrogen-bond donors (Lipinski definition) is 2. The number of nitrogens with zero attached hydrogens (tertiary/aromatic N) is 1. The maximum atomic E-state index is 12.4. The van der Waals surface area contributed by atoms with Gasteiger partial charge in [-0.2, -0.15) is 13.2 Å². The molecule has 2 heterocycles. The quantitative estimate of drug-likeness (QED) is 0.741. The predicted octanol–water partition coefficient (Wildman–Crippen LogP) is 2.94. The summed E-state index contributed by atoms with van der Waals surface area (Å²) in [7, 11) is 0. The monoisotopic (exact) mass is 247 g/mol. The fourth-order valence-corrected chi connectivity index (χ4v) is 1.85. The van der Waals surface area contributed by atoms with Gasteiger partial charge < -0.3 is 11.1 Å². The van der Waals surface area contributed by atoms with Crippen LogP contribution in [-0.4, -0.2) is 11.0 Å². The zero-order valence-electron chi connectivity index (χ0n) is 8.67. The molecule has 2 unspecified atom stereocenters. The van der Waals surface area contributed by atoms with Gasteiger partial charge in [0.25, 0.3) is 0 Å². The molecule has 0 spiro atoms. The van der Waals surface area contributed by atoms with E-state index in [0.717, 1.165) is 6.07 Å². The molecule has 0 aromatic carbocycles. The summed E-state index contributed by atoms with van der Waals surface area (Å²) in [6.45, 7) is 1.93. The summed E-state index contributed by atoms with van der Waals surface area (Å²) in [6.07, 6.45) is -3.83. The second-order valence-electron chi connectivity index (χ2n) is 4.01. The largest absolute Gasteiger partial charge is 0.433 e. The van der Waals surface area contributed by atoms with Gasteiger partial charge in [0, 0.05) is 6.04 Å². The Morgan fingerprint density at radius 2 is 2.06 bits per heavy atom. The Bertz CT molecular complexity index is 403. The summed E-state index contributed by atoms with van der Waals surface area (Å²) >= 11 is 0. The topological polar surface area (TPSA) is 50.9 Å². The molecule has 1 aromatic rings. The Balaban J connectivity index is 0.00000144. The highest BCUT2D eigenvalue weighted by Gasteiger charge is 2.34. The molecular weight excluding hydrogens is 231 g/mol. The third-order valence-corrected chi connectivity index (χ3v) is 2.58. The number of fused-ring (bicyclic) bond motifs is 1. The van der Waals surface area contributed by atoms with Crippen molar-refractivity contribution in [2.75, 3.05) is 5.32 Å². The van der Waals surface area contributed by atoms with Crippen molar-refractivity contribution < 1.29 is 13.2 Å². The van der Waals surface area contributed by atoms with Crippen molar-refractivity contribution >= 4 is 5.69 Å². The third-order valence-electron chi connectivity index (χ3n) is 2.58. The van der Waals surface area contributed by atoms with E-state index in [1.807, 2.05) is 6.92 Å². The lowest BCUT2D eigenvalue weighted by molar-refractivity contribution is -0.141. The molecule has 2 atom stereocenters. The Hall–Kier alpha value is -1.30. The minimum absolute atomic E-state index is 0. The average molecular weight is 247 g/mol. The molecule has 3 nitrogen and oxygen atoms in total. The van der Waals surface area contributed by atoms with E-state index in [0.29, 0.717) is 17.8 Å². The zero-order valence-corrected chi connectivity index (χ0v) is 8.67. The van der Waals surface area contributed by atoms with Crippen LogP contribution in [0.1, 0.15) is 38.2 Å². The van der Waals surface area contributed by atoms with Crippen LogP contribution in [0.2, 0.25) is 0 Å². The van der Waals surface area contributed by atoms with Crippen LogP contribution in [0, 0.1) is 0 Å². The molecule has 1 aliphatic heterocycles. The SMILES string of the molecule is C.CC1CC(N)c2nc(C(F)(F)F)ccc2N1. The van der Waals surface area contributed by atoms with Crippen LogP contribution in [0.15, 0.2) is 12.1 Å². The number of hydrogen-bond acceptors (Lipinski definition) is 3. The Kier molecular flexibility index (Phi) is 3.66. The number of anilines is 1. The van der Waals surface area contributed by atoms with Crippen molar-refractivity contribution in [1.29, 1.82) is 0 Å². The molecule has 0 saturated carbocycles. The van der Waals surface area contributed by atoms with Crippen LogP contribution >= 0.6 is 0 Å². The summed E-state index contributed by atoms with van der Waals surface area (Å²) < 4.78 is 37.3. The van der Waals surface area contributed by atoms with Gasteiger partial charge in [-0.15, -0.1) is 0 Å². The van der Waals surface area contributed by atoms with Crippen LogP contribution in [0.25, 0.3) is 0 Å². The first kappa shape index (κ1) is 13.8. The molecule has 0 amide bonds. The number of aromatic nitrogens is 1. The van der Waals surface area contributed by atoms with E-state index < -0.39 is 17.9 Å². The minimum Gasteiger partial charge on any atom is -0.381 e. The molecule has 1 aromatic heterocycles. The molecule has 0 aliphatic carbocycles. The van der Waals surface area contributed by atoms with Gasteiger partial charge in [-0.25, -0.2) is 4.98 Å². The van der Waals surface area contributed by atoms with Gasteiger partial charge in [0.2, 0.25) is 0 Å². The van der Waals surface area contributed by atoms with Crippen molar-refractivity contribution in [2.24, 2.45) is 5.73 Å². The third kappa shape index (κ3) is 2.69. The molecule has 17 heavy (non-hydrogen) atoms. The molecule has 0 fully saturated rings. The van der Waals surface area contributed by atoms with Gasteiger partial charge in [-0.05, 0) is 25.5 Å². The van der Waals surface area contributed by atoms with Crippen LogP contribution < -0.4 is 11.1 Å². The van der Waals surface area contributed by atoms with E-state index in [1.165, 1.54) is 6.07 Å². The Labute approximate surface area is 98.2 Å². The van der Waals surface area contributed by atoms with Crippen molar-refractivity contribution in [1.82, 2.24) is 4.98 Å². The first-order valence-electron chi connectivity index (χ1n) is 4.98. The lowest BCUT2D eigenvalue weighted by Crippen LogP contribution is -2.31. The molecular formula is C11H16F3N3. The van der Waals surface area contributed by atoms with Crippen molar-refractivity contribution in [3.05, 3.63) is 23.5 Å². The first-order valence-corrected chi connectivity index (χ1v) is 4.98. The number of halogens is 3. The van der Waals surface area contributed by atoms with Gasteiger partial charge in [0.15, 0.2) is 0 Å². The summed E-state index contributed by atoms with van der Waals surface area (Å²) in [5, 5.41) is 3.06. The van der Waals surface area contributed by atoms with Gasteiger partial charge in [0.05, 0.1) is 17.4 Å². The molecule has 0 bridgehead atoms. The maximum Gasteiger partial charge on any atom is 0.433 e. The molecule has 3 N–H and O–H groups in total. The van der Waals surface area contributed by atoms with E-state index >= 15 is 0 Å². The van der Waals surface area contributed by atoms with E-state index in [2.05, 4.69) is 10.3 Å². The Morgan fingerprint density at radius 3 is 2.65 bits per heavy atom. The van der Waals surface area contributed by atoms with Crippen LogP contribution in [-0.2, 0) is 6.18 Å². The number of rotatable bonds is 0. The second-order valence-corrected chi connectivity index (χ2v) is 4.01. The number of pyridine rings is 1. The van der Waals surface area contributed by atoms with Gasteiger partial charge in [-0.3, -0.25) is 0 Å². The summed E-state index contributed by atoms with van der Waals surface area (Å²) in [6, 6.07) is 2.08. The zero-order chi connectivity index (χ0) is 11.9. The first-order chi connectivity index (χ1) is 7.38. The van der Waals surface area contributed by atoms with Gasteiger partial charge >= 0.3 is 6.18 Å². The van der Waals surface area contributed by atoms with Crippen molar-refractivity contribution in [2.45, 2.75) is 39.0 Å². The molecule has 96 valence electrons. The van der Waals surface area contributed by atoms with Crippen LogP contribution in [0.4, 0.5) is 18.9 Å². The molecule has 1 aliphatic rings. The standard InChI is InChI=1S/C10H12F3N3.CH4/c1-5-4-6(14)9-7(15-5)2-3-8(16-9)10(11,12)13;/h2-3,5-6,15H,4,14H2,1H3;1H4. The maximum absolute atomic E-state index is 12.4. The smallest absolute Gasteiger partial charge is 0.381 e. The van der Waals surface area contributed by atoms with E-state index in [1.54, 1.807) is 0 Å². The van der Waals surface area contributed by atoms with E-state index in [-0.39, 0.29) is 13.5 Å². The highest BCUT2D eigenvalue weighted by atomic mass is 19.4. The highest BCUT2D eigenvalue weighted by molar-refractivity contribution is 5.52. The lowest BCUT2D eigenvalue weighted by atomic mass is 9.99. The average Bonchev–Trinajstić information content (AvgIpc) is 2.15. The normalized spacial score (nSPS) is 23.4. The van der Waals surface area contributed by atoms with Crippen LogP contribution in [0.5, 0.6) is 0 Å². The summed E-state index contributed by atoms with van der Waals surface area (Å²) in [5.41, 5.74) is 5.78. The molecule has 0 radical (unpaired) electrons. The summed E-state index contributed by atoms with van der Waals surface area (Å²) in [4.78, 5) is 3.59. The lowest BCUT2D eigenvalue weighted by Gasteiger charge is -2.28. The molecule has 6 heteroatoms. The fourth-order valence-electron chi connectivity index (χ4n) is 1.85. The van der Waals surface area contributed by atoms with Crippen molar-refractivity contribution in [3.63, 3.8) is 0 Å². The molecule has 2 rings (SSSR count). The van der Waals surface area contributed by atoms with Crippen LogP contribution in [0.3, 0.4) is 0 Å². The fraction of sp³-hybridized carbons (Fsp3) is 0.545. The number of nitrogens with one attached hydrogen (secondary N) is 1. The molecule has 0 saturated heterocycles. The summed E-state index contributed by atoms with van der Waals surface area (Å²) in [5.74, 6) is 0. The van der Waals surface area contributed by atoms with Gasteiger partial charge in [0.1, 0.15) is 5.69 Å². The Morgan fingerprint density at radius 1 is 1.41 bits per heavy atom. The predicted molar refractivity (Wildman–Crippen MR) is 60.6 cm³/mol. The highest BCUT2D eigenvalue weighted by Crippen LogP contribution is 2.34.